The number of hydrogen-bond donors (Lipinski definition) is 2. The number of hydrogen-bond acceptors (Lipinski definition) is 3. The van der Waals surface area contributed by atoms with E-state index in [1.165, 1.54) is 18.2 Å². The first-order valence-corrected chi connectivity index (χ1v) is 9.02. The molecule has 2 aliphatic heterocycles. The van der Waals surface area contributed by atoms with Gasteiger partial charge in [-0.1, -0.05) is 0 Å². The maximum absolute atomic E-state index is 12.9. The van der Waals surface area contributed by atoms with E-state index in [0.29, 0.717) is 42.8 Å². The number of halogens is 3. The highest BCUT2D eigenvalue weighted by Crippen LogP contribution is 2.27. The van der Waals surface area contributed by atoms with E-state index < -0.39 is 6.36 Å². The van der Waals surface area contributed by atoms with Crippen LogP contribution in [0, 0.1) is 0 Å². The van der Waals surface area contributed by atoms with E-state index in [0.717, 1.165) is 12.8 Å². The minimum Gasteiger partial charge on any atom is -0.406 e. The van der Waals surface area contributed by atoms with Gasteiger partial charge in [-0.05, 0) is 31.0 Å². The molecule has 2 saturated heterocycles. The van der Waals surface area contributed by atoms with Crippen LogP contribution in [0.15, 0.2) is 24.3 Å². The third kappa shape index (κ3) is 3.71. The van der Waals surface area contributed by atoms with Crippen LogP contribution >= 0.6 is 0 Å². The summed E-state index contributed by atoms with van der Waals surface area (Å²) in [6, 6.07) is 5.37. The van der Waals surface area contributed by atoms with Crippen molar-refractivity contribution < 1.29 is 27.5 Å². The molecule has 0 spiro atoms. The number of amides is 3. The quantitative estimate of drug-likeness (QED) is 0.838. The lowest BCUT2D eigenvalue weighted by atomic mass is 10.0. The van der Waals surface area contributed by atoms with Gasteiger partial charge in [0.1, 0.15) is 11.4 Å². The molecular weight excluding hydrogens is 377 g/mol. The highest BCUT2D eigenvalue weighted by Gasteiger charge is 2.34. The van der Waals surface area contributed by atoms with E-state index in [-0.39, 0.29) is 23.7 Å². The lowest BCUT2D eigenvalue weighted by Crippen LogP contribution is -2.50. The molecule has 7 nitrogen and oxygen atoms in total. The number of aromatic amines is 1. The van der Waals surface area contributed by atoms with Crippen LogP contribution in [0.3, 0.4) is 0 Å². The van der Waals surface area contributed by atoms with Crippen molar-refractivity contribution in [1.29, 1.82) is 0 Å². The summed E-state index contributed by atoms with van der Waals surface area (Å²) >= 11 is 0. The second kappa shape index (κ2) is 6.92. The van der Waals surface area contributed by atoms with Crippen LogP contribution < -0.4 is 10.1 Å². The Kier molecular flexibility index (Phi) is 4.56. The van der Waals surface area contributed by atoms with Crippen LogP contribution in [-0.2, 0) is 0 Å². The predicted molar refractivity (Wildman–Crippen MR) is 94.0 cm³/mol. The number of nitrogens with zero attached hydrogens (tertiary/aromatic N) is 2. The molecule has 3 heterocycles. The molecule has 3 amide bonds. The average Bonchev–Trinajstić information content (AvgIpc) is 3.25. The number of fused-ring (bicyclic) bond motifs is 1. The number of H-pyrrole nitrogens is 1. The monoisotopic (exact) mass is 396 g/mol. The third-order valence-corrected chi connectivity index (χ3v) is 5.07. The number of benzene rings is 1. The average molecular weight is 396 g/mol. The molecule has 4 rings (SSSR count). The SMILES string of the molecule is O=C(c1cc2ccc(OC(F)(F)F)cc2[nH]1)N1CCCC(N2CCNC2=O)C1. The van der Waals surface area contributed by atoms with Gasteiger partial charge < -0.3 is 24.8 Å². The summed E-state index contributed by atoms with van der Waals surface area (Å²) in [5.74, 6) is -0.585. The van der Waals surface area contributed by atoms with Crippen molar-refractivity contribution in [3.63, 3.8) is 0 Å². The van der Waals surface area contributed by atoms with Crippen LogP contribution in [0.2, 0.25) is 0 Å². The van der Waals surface area contributed by atoms with E-state index in [1.54, 1.807) is 15.9 Å². The Bertz CT molecular complexity index is 911. The van der Waals surface area contributed by atoms with E-state index in [4.69, 9.17) is 0 Å². The zero-order valence-electron chi connectivity index (χ0n) is 14.9. The molecule has 2 N–H and O–H groups in total. The maximum atomic E-state index is 12.9. The highest BCUT2D eigenvalue weighted by molar-refractivity contribution is 5.98. The van der Waals surface area contributed by atoms with Crippen molar-refractivity contribution in [2.45, 2.75) is 25.2 Å². The molecule has 150 valence electrons. The lowest BCUT2D eigenvalue weighted by molar-refractivity contribution is -0.274. The van der Waals surface area contributed by atoms with Crippen LogP contribution in [-0.4, -0.2) is 65.3 Å². The Morgan fingerprint density at radius 2 is 2.04 bits per heavy atom. The van der Waals surface area contributed by atoms with Gasteiger partial charge in [0, 0.05) is 43.1 Å². The van der Waals surface area contributed by atoms with Crippen LogP contribution in [0.5, 0.6) is 5.75 Å². The zero-order valence-corrected chi connectivity index (χ0v) is 14.9. The van der Waals surface area contributed by atoms with E-state index in [9.17, 15) is 22.8 Å². The predicted octanol–water partition coefficient (Wildman–Crippen LogP) is 2.70. The number of piperidine rings is 1. The van der Waals surface area contributed by atoms with Gasteiger partial charge in [-0.3, -0.25) is 4.79 Å². The molecule has 1 unspecified atom stereocenters. The third-order valence-electron chi connectivity index (χ3n) is 5.07. The van der Waals surface area contributed by atoms with Crippen LogP contribution in [0.1, 0.15) is 23.3 Å². The van der Waals surface area contributed by atoms with Crippen molar-refractivity contribution in [2.24, 2.45) is 0 Å². The summed E-state index contributed by atoms with van der Waals surface area (Å²) in [6.45, 7) is 2.24. The molecule has 1 aromatic heterocycles. The molecular formula is C18H19F3N4O3. The molecule has 10 heteroatoms. The van der Waals surface area contributed by atoms with Crippen LogP contribution in [0.25, 0.3) is 10.9 Å². The van der Waals surface area contributed by atoms with Gasteiger partial charge in [0.2, 0.25) is 0 Å². The molecule has 0 bridgehead atoms. The summed E-state index contributed by atoms with van der Waals surface area (Å²) in [5, 5.41) is 3.38. The van der Waals surface area contributed by atoms with Crippen molar-refractivity contribution in [1.82, 2.24) is 20.1 Å². The minimum absolute atomic E-state index is 0.0311. The number of alkyl halides is 3. The van der Waals surface area contributed by atoms with Crippen molar-refractivity contribution >= 4 is 22.8 Å². The van der Waals surface area contributed by atoms with Gasteiger partial charge in [-0.25, -0.2) is 4.79 Å². The van der Waals surface area contributed by atoms with Gasteiger partial charge in [-0.15, -0.1) is 13.2 Å². The summed E-state index contributed by atoms with van der Waals surface area (Å²) in [6.07, 6.45) is -3.16. The molecule has 28 heavy (non-hydrogen) atoms. The fourth-order valence-corrected chi connectivity index (χ4v) is 3.82. The van der Waals surface area contributed by atoms with Gasteiger partial charge in [0.15, 0.2) is 0 Å². The number of urea groups is 1. The topological polar surface area (TPSA) is 77.7 Å². The van der Waals surface area contributed by atoms with Gasteiger partial charge in [0.05, 0.1) is 6.04 Å². The van der Waals surface area contributed by atoms with Crippen LogP contribution in [0.4, 0.5) is 18.0 Å². The largest absolute Gasteiger partial charge is 0.573 e. The fraction of sp³-hybridized carbons (Fsp3) is 0.444. The van der Waals surface area contributed by atoms with E-state index in [2.05, 4.69) is 15.0 Å². The normalized spacial score (nSPS) is 20.5. The van der Waals surface area contributed by atoms with E-state index >= 15 is 0 Å². The van der Waals surface area contributed by atoms with Crippen molar-refractivity contribution in [2.75, 3.05) is 26.2 Å². The number of nitrogens with one attached hydrogen (secondary N) is 2. The highest BCUT2D eigenvalue weighted by atomic mass is 19.4. The minimum atomic E-state index is -4.77. The smallest absolute Gasteiger partial charge is 0.406 e. The number of ether oxygens (including phenoxy) is 1. The summed E-state index contributed by atoms with van der Waals surface area (Å²) in [4.78, 5) is 31.1. The summed E-state index contributed by atoms with van der Waals surface area (Å²) in [5.41, 5.74) is 0.684. The van der Waals surface area contributed by atoms with E-state index in [1.807, 2.05) is 0 Å². The molecule has 0 radical (unpaired) electrons. The Labute approximate surface area is 158 Å². The number of carbonyl (C=O) groups excluding carboxylic acids is 2. The number of carbonyl (C=O) groups is 2. The van der Waals surface area contributed by atoms with Crippen molar-refractivity contribution in [3.05, 3.63) is 30.0 Å². The van der Waals surface area contributed by atoms with Crippen molar-refractivity contribution in [3.8, 4) is 5.75 Å². The van der Waals surface area contributed by atoms with Gasteiger partial charge in [0.25, 0.3) is 5.91 Å². The molecule has 1 aromatic carbocycles. The molecule has 2 fully saturated rings. The van der Waals surface area contributed by atoms with Gasteiger partial charge >= 0.3 is 12.4 Å². The Balaban J connectivity index is 1.50. The number of rotatable bonds is 3. The first-order chi connectivity index (χ1) is 13.3. The second-order valence-corrected chi connectivity index (χ2v) is 6.95. The molecule has 2 aromatic rings. The lowest BCUT2D eigenvalue weighted by Gasteiger charge is -2.36. The standard InChI is InChI=1S/C18H19F3N4O3/c19-18(20,21)28-13-4-3-11-8-15(23-14(11)9-13)16(26)24-6-1-2-12(10-24)25-7-5-22-17(25)27/h3-4,8-9,12,23H,1-2,5-7,10H2,(H,22,27). The molecule has 1 atom stereocenters. The Morgan fingerprint density at radius 3 is 2.75 bits per heavy atom. The second-order valence-electron chi connectivity index (χ2n) is 6.95. The summed E-state index contributed by atoms with van der Waals surface area (Å²) in [7, 11) is 0. The fourth-order valence-electron chi connectivity index (χ4n) is 3.82. The summed E-state index contributed by atoms with van der Waals surface area (Å²) < 4.78 is 41.1. The Morgan fingerprint density at radius 1 is 1.21 bits per heavy atom. The molecule has 0 aliphatic carbocycles. The Hall–Kier alpha value is -2.91. The maximum Gasteiger partial charge on any atom is 0.573 e. The first kappa shape index (κ1) is 18.5. The number of likely N-dealkylation sites (tertiary alicyclic amines) is 1. The van der Waals surface area contributed by atoms with Gasteiger partial charge in [-0.2, -0.15) is 0 Å². The zero-order chi connectivity index (χ0) is 19.9. The molecule has 2 aliphatic rings. The molecule has 0 saturated carbocycles. The number of aromatic nitrogens is 1. The first-order valence-electron chi connectivity index (χ1n) is 9.02.